The highest BCUT2D eigenvalue weighted by atomic mass is 16.3. The molecule has 2 nitrogen and oxygen atoms in total. The Morgan fingerprint density at radius 3 is 2.88 bits per heavy atom. The van der Waals surface area contributed by atoms with E-state index in [-0.39, 0.29) is 12.4 Å². The molecule has 94 valence electrons. The van der Waals surface area contributed by atoms with Crippen LogP contribution in [0.1, 0.15) is 45.4 Å². The average molecular weight is 234 g/mol. The molecule has 0 spiro atoms. The molecule has 17 heavy (non-hydrogen) atoms. The summed E-state index contributed by atoms with van der Waals surface area (Å²) in [4.78, 5) is 11.6. The first-order valence-corrected chi connectivity index (χ1v) is 6.46. The number of hydrogen-bond donors (Lipinski definition) is 1. The lowest BCUT2D eigenvalue weighted by Gasteiger charge is -1.98. The largest absolute Gasteiger partial charge is 0.396 e. The third-order valence-corrected chi connectivity index (χ3v) is 2.87. The van der Waals surface area contributed by atoms with E-state index >= 15 is 0 Å². The fraction of sp³-hybridized carbons (Fsp3) is 0.533. The van der Waals surface area contributed by atoms with Crippen LogP contribution in [0.2, 0.25) is 0 Å². The van der Waals surface area contributed by atoms with Crippen LogP contribution >= 0.6 is 0 Å². The minimum absolute atomic E-state index is 0.133. The summed E-state index contributed by atoms with van der Waals surface area (Å²) in [6.45, 7) is 2.26. The number of carbonyl (C=O) groups is 1. The van der Waals surface area contributed by atoms with Crippen molar-refractivity contribution in [2.45, 2.75) is 45.4 Å². The monoisotopic (exact) mass is 234 g/mol. The zero-order chi connectivity index (χ0) is 12.5. The van der Waals surface area contributed by atoms with E-state index in [1.807, 2.05) is 0 Å². The first kappa shape index (κ1) is 13.9. The van der Waals surface area contributed by atoms with E-state index in [9.17, 15) is 4.79 Å². The maximum Gasteiger partial charge on any atom is 0.181 e. The van der Waals surface area contributed by atoms with Gasteiger partial charge in [0.1, 0.15) is 0 Å². The van der Waals surface area contributed by atoms with E-state index < -0.39 is 0 Å². The highest BCUT2D eigenvalue weighted by Gasteiger charge is 2.16. The lowest BCUT2D eigenvalue weighted by molar-refractivity contribution is -0.111. The summed E-state index contributed by atoms with van der Waals surface area (Å²) in [6.07, 6.45) is 13.7. The fourth-order valence-corrected chi connectivity index (χ4v) is 1.93. The fourth-order valence-electron chi connectivity index (χ4n) is 1.93. The van der Waals surface area contributed by atoms with Crippen molar-refractivity contribution < 1.29 is 9.90 Å². The molecule has 0 amide bonds. The van der Waals surface area contributed by atoms with Crippen LogP contribution in [0.25, 0.3) is 0 Å². The Morgan fingerprint density at radius 2 is 2.18 bits per heavy atom. The van der Waals surface area contributed by atoms with Crippen molar-refractivity contribution in [3.8, 4) is 0 Å². The van der Waals surface area contributed by atoms with E-state index in [0.29, 0.717) is 6.42 Å². The number of carbonyl (C=O) groups excluding carboxylic acids is 1. The molecule has 0 heterocycles. The Morgan fingerprint density at radius 1 is 1.35 bits per heavy atom. The Bertz CT molecular complexity index is 335. The van der Waals surface area contributed by atoms with Gasteiger partial charge in [0.2, 0.25) is 0 Å². The zero-order valence-corrected chi connectivity index (χ0v) is 10.6. The van der Waals surface area contributed by atoms with Gasteiger partial charge in [0.05, 0.1) is 0 Å². The quantitative estimate of drug-likeness (QED) is 0.417. The minimum Gasteiger partial charge on any atom is -0.396 e. The van der Waals surface area contributed by atoms with E-state index in [1.165, 1.54) is 0 Å². The van der Waals surface area contributed by atoms with Gasteiger partial charge in [-0.15, -0.1) is 0 Å². The molecule has 0 aromatic rings. The number of unbranched alkanes of at least 4 members (excludes halogenated alkanes) is 2. The molecule has 0 aromatic heterocycles. The van der Waals surface area contributed by atoms with Crippen LogP contribution in [0.5, 0.6) is 0 Å². The molecule has 0 saturated carbocycles. The van der Waals surface area contributed by atoms with Crippen molar-refractivity contribution in [3.05, 3.63) is 35.5 Å². The van der Waals surface area contributed by atoms with Gasteiger partial charge in [-0.3, -0.25) is 4.79 Å². The van der Waals surface area contributed by atoms with Crippen molar-refractivity contribution >= 4 is 5.78 Å². The smallest absolute Gasteiger partial charge is 0.181 e. The highest BCUT2D eigenvalue weighted by Crippen LogP contribution is 2.24. The molecule has 0 aromatic carbocycles. The van der Waals surface area contributed by atoms with E-state index in [0.717, 1.165) is 43.3 Å². The number of hydrogen-bond acceptors (Lipinski definition) is 2. The van der Waals surface area contributed by atoms with Crippen molar-refractivity contribution in [2.24, 2.45) is 0 Å². The van der Waals surface area contributed by atoms with Crippen LogP contribution < -0.4 is 0 Å². The molecule has 0 unspecified atom stereocenters. The molecule has 0 atom stereocenters. The lowest BCUT2D eigenvalue weighted by atomic mass is 10.1. The summed E-state index contributed by atoms with van der Waals surface area (Å²) in [5.74, 6) is 0.137. The molecular formula is C15H22O2. The molecule has 1 rings (SSSR count). The van der Waals surface area contributed by atoms with Gasteiger partial charge in [-0.05, 0) is 50.2 Å². The van der Waals surface area contributed by atoms with Gasteiger partial charge in [0.15, 0.2) is 5.78 Å². The summed E-state index contributed by atoms with van der Waals surface area (Å²) in [5, 5.41) is 8.82. The standard InChI is InChI=1S/C15H22O2/c1-2-3-4-5-6-7-8-14-11-13(9-10-16)12-15(14)17/h3-4,8,12,16H,2,5-7,9-11H2,1H3. The van der Waals surface area contributed by atoms with Gasteiger partial charge in [-0.25, -0.2) is 0 Å². The van der Waals surface area contributed by atoms with Crippen molar-refractivity contribution in [3.63, 3.8) is 0 Å². The normalized spacial score (nSPS) is 18.4. The predicted octanol–water partition coefficient (Wildman–Crippen LogP) is 3.33. The average Bonchev–Trinajstić information content (AvgIpc) is 2.65. The number of rotatable bonds is 7. The molecule has 1 aliphatic carbocycles. The third kappa shape index (κ3) is 5.14. The van der Waals surface area contributed by atoms with Crippen LogP contribution in [0.15, 0.2) is 35.5 Å². The Labute approximate surface area is 104 Å². The minimum atomic E-state index is 0.133. The Hall–Kier alpha value is -1.15. The molecule has 0 fully saturated rings. The number of aliphatic hydroxyl groups excluding tert-OH is 1. The maximum atomic E-state index is 11.6. The SMILES string of the molecule is CCC=CCCCC=C1CC(CCO)=CC1=O. The van der Waals surface area contributed by atoms with E-state index in [1.54, 1.807) is 6.08 Å². The second-order valence-electron chi connectivity index (χ2n) is 4.36. The van der Waals surface area contributed by atoms with Crippen molar-refractivity contribution in [1.29, 1.82) is 0 Å². The topological polar surface area (TPSA) is 37.3 Å². The highest BCUT2D eigenvalue weighted by molar-refractivity contribution is 6.07. The van der Waals surface area contributed by atoms with Crippen LogP contribution in [-0.2, 0) is 4.79 Å². The first-order chi connectivity index (χ1) is 8.27. The third-order valence-electron chi connectivity index (χ3n) is 2.87. The second-order valence-corrected chi connectivity index (χ2v) is 4.36. The zero-order valence-electron chi connectivity index (χ0n) is 10.6. The first-order valence-electron chi connectivity index (χ1n) is 6.46. The summed E-state index contributed by atoms with van der Waals surface area (Å²) in [7, 11) is 0. The summed E-state index contributed by atoms with van der Waals surface area (Å²) in [6, 6.07) is 0. The van der Waals surface area contributed by atoms with Gasteiger partial charge in [-0.2, -0.15) is 0 Å². The van der Waals surface area contributed by atoms with Gasteiger partial charge in [-0.1, -0.05) is 30.7 Å². The molecule has 1 aliphatic rings. The molecule has 2 heteroatoms. The summed E-state index contributed by atoms with van der Waals surface area (Å²) >= 11 is 0. The van der Waals surface area contributed by atoms with Crippen LogP contribution in [0.3, 0.4) is 0 Å². The summed E-state index contributed by atoms with van der Waals surface area (Å²) < 4.78 is 0. The molecular weight excluding hydrogens is 212 g/mol. The van der Waals surface area contributed by atoms with Gasteiger partial charge < -0.3 is 5.11 Å². The Balaban J connectivity index is 2.28. The van der Waals surface area contributed by atoms with Gasteiger partial charge >= 0.3 is 0 Å². The van der Waals surface area contributed by atoms with Gasteiger partial charge in [0.25, 0.3) is 0 Å². The van der Waals surface area contributed by atoms with Crippen molar-refractivity contribution in [2.75, 3.05) is 6.61 Å². The van der Waals surface area contributed by atoms with Crippen LogP contribution in [0, 0.1) is 0 Å². The van der Waals surface area contributed by atoms with E-state index in [4.69, 9.17) is 5.11 Å². The number of allylic oxidation sites excluding steroid dienone is 5. The lowest BCUT2D eigenvalue weighted by Crippen LogP contribution is -1.91. The predicted molar refractivity (Wildman–Crippen MR) is 70.8 cm³/mol. The molecule has 0 radical (unpaired) electrons. The second kappa shape index (κ2) is 8.02. The van der Waals surface area contributed by atoms with Crippen LogP contribution in [0.4, 0.5) is 0 Å². The summed E-state index contributed by atoms with van der Waals surface area (Å²) in [5.41, 5.74) is 1.97. The van der Waals surface area contributed by atoms with Crippen LogP contribution in [-0.4, -0.2) is 17.5 Å². The van der Waals surface area contributed by atoms with Gasteiger partial charge in [0, 0.05) is 6.61 Å². The maximum absolute atomic E-state index is 11.6. The number of ketones is 1. The Kier molecular flexibility index (Phi) is 6.56. The van der Waals surface area contributed by atoms with E-state index in [2.05, 4.69) is 25.2 Å². The molecule has 0 bridgehead atoms. The number of aliphatic hydroxyl groups is 1. The van der Waals surface area contributed by atoms with Crippen molar-refractivity contribution in [1.82, 2.24) is 0 Å². The molecule has 0 saturated heterocycles. The molecule has 0 aliphatic heterocycles. The molecule has 1 N–H and O–H groups in total.